The van der Waals surface area contributed by atoms with Crippen LogP contribution in [-0.2, 0) is 11.3 Å². The van der Waals surface area contributed by atoms with E-state index in [0.717, 1.165) is 5.69 Å². The Morgan fingerprint density at radius 3 is 3.10 bits per heavy atom. The lowest BCUT2D eigenvalue weighted by Crippen LogP contribution is -2.51. The number of pyridine rings is 2. The molecule has 0 aliphatic carbocycles. The van der Waals surface area contributed by atoms with Gasteiger partial charge in [0.15, 0.2) is 0 Å². The number of rotatable bonds is 7. The number of fused-ring (bicyclic) bond motifs is 1. The van der Waals surface area contributed by atoms with E-state index in [2.05, 4.69) is 20.7 Å². The molecule has 0 aromatic carbocycles. The molecule has 1 fully saturated rings. The normalized spacial score (nSPS) is 17.4. The third kappa shape index (κ3) is 4.21. The van der Waals surface area contributed by atoms with Crippen molar-refractivity contribution in [2.24, 2.45) is 0 Å². The van der Waals surface area contributed by atoms with Gasteiger partial charge in [0.2, 0.25) is 0 Å². The van der Waals surface area contributed by atoms with E-state index in [1.807, 2.05) is 18.2 Å². The molecule has 9 nitrogen and oxygen atoms in total. The molecule has 1 amide bonds. The minimum Gasteiger partial charge on any atom is -0.487 e. The average molecular weight is 397 g/mol. The first-order valence-corrected chi connectivity index (χ1v) is 9.40. The quantitative estimate of drug-likeness (QED) is 0.537. The van der Waals surface area contributed by atoms with Gasteiger partial charge in [0.1, 0.15) is 12.4 Å². The minimum atomic E-state index is -0.456. The Labute approximate surface area is 167 Å². The molecule has 2 atom stereocenters. The highest BCUT2D eigenvalue weighted by Crippen LogP contribution is 2.21. The Bertz CT molecular complexity index is 985. The average Bonchev–Trinajstić information content (AvgIpc) is 3.38. The molecular formula is C20H23N5O4. The van der Waals surface area contributed by atoms with Crippen molar-refractivity contribution in [1.29, 1.82) is 0 Å². The lowest BCUT2D eigenvalue weighted by atomic mass is 10.1. The van der Waals surface area contributed by atoms with Crippen molar-refractivity contribution in [2.75, 3.05) is 19.9 Å². The van der Waals surface area contributed by atoms with E-state index >= 15 is 0 Å². The Hall–Kier alpha value is -3.01. The molecule has 2 unspecified atom stereocenters. The van der Waals surface area contributed by atoms with Crippen LogP contribution in [0.5, 0.6) is 5.75 Å². The largest absolute Gasteiger partial charge is 0.487 e. The molecule has 3 aromatic heterocycles. The van der Waals surface area contributed by atoms with Crippen LogP contribution in [0.25, 0.3) is 5.52 Å². The fourth-order valence-electron chi connectivity index (χ4n) is 3.34. The lowest BCUT2D eigenvalue weighted by molar-refractivity contribution is 0.0899. The van der Waals surface area contributed by atoms with Gasteiger partial charge in [-0.3, -0.25) is 15.1 Å². The zero-order valence-electron chi connectivity index (χ0n) is 16.0. The van der Waals surface area contributed by atoms with E-state index in [9.17, 15) is 9.90 Å². The number of carbonyl (C=O) groups is 1. The molecule has 1 aliphatic heterocycles. The number of nitrogens with zero attached hydrogens (tertiary/aromatic N) is 3. The summed E-state index contributed by atoms with van der Waals surface area (Å²) < 4.78 is 12.7. The van der Waals surface area contributed by atoms with Gasteiger partial charge < -0.3 is 19.9 Å². The van der Waals surface area contributed by atoms with Gasteiger partial charge in [0.25, 0.3) is 5.91 Å². The molecule has 0 bridgehead atoms. The fraction of sp³-hybridized carbons (Fsp3) is 0.350. The summed E-state index contributed by atoms with van der Waals surface area (Å²) in [5.41, 5.74) is 2.49. The monoisotopic (exact) mass is 397 g/mol. The number of aliphatic hydroxyl groups excluding tert-OH is 1. The summed E-state index contributed by atoms with van der Waals surface area (Å²) >= 11 is 0. The van der Waals surface area contributed by atoms with E-state index in [-0.39, 0.29) is 18.6 Å². The topological polar surface area (TPSA) is 110 Å². The number of aromatic nitrogens is 3. The number of aliphatic hydroxyl groups is 1. The summed E-state index contributed by atoms with van der Waals surface area (Å²) in [5.74, 6) is 0.314. The number of aryl methyl sites for hydroxylation is 1. The van der Waals surface area contributed by atoms with Crippen LogP contribution in [0.1, 0.15) is 21.7 Å². The molecule has 0 spiro atoms. The Morgan fingerprint density at radius 1 is 1.48 bits per heavy atom. The van der Waals surface area contributed by atoms with E-state index in [1.165, 1.54) is 0 Å². The smallest absolute Gasteiger partial charge is 0.255 e. The van der Waals surface area contributed by atoms with E-state index < -0.39 is 6.04 Å². The Balaban J connectivity index is 1.54. The van der Waals surface area contributed by atoms with Crippen molar-refractivity contribution in [1.82, 2.24) is 25.2 Å². The van der Waals surface area contributed by atoms with Gasteiger partial charge in [-0.25, -0.2) is 4.52 Å². The number of amides is 1. The molecule has 3 aromatic rings. The summed E-state index contributed by atoms with van der Waals surface area (Å²) in [6.07, 6.45) is 3.47. The van der Waals surface area contributed by atoms with Crippen molar-refractivity contribution in [2.45, 2.75) is 25.6 Å². The molecule has 4 heterocycles. The van der Waals surface area contributed by atoms with Crippen LogP contribution < -0.4 is 15.4 Å². The first kappa shape index (κ1) is 19.3. The summed E-state index contributed by atoms with van der Waals surface area (Å²) in [4.78, 5) is 17.2. The number of nitrogens with one attached hydrogen (secondary N) is 2. The number of hydrogen-bond donors (Lipinski definition) is 3. The maximum Gasteiger partial charge on any atom is 0.255 e. The second-order valence-electron chi connectivity index (χ2n) is 6.85. The predicted octanol–water partition coefficient (Wildman–Crippen LogP) is 0.653. The van der Waals surface area contributed by atoms with Crippen LogP contribution in [0, 0.1) is 6.92 Å². The third-order valence-electron chi connectivity index (χ3n) is 4.87. The lowest BCUT2D eigenvalue weighted by Gasteiger charge is -2.21. The molecule has 4 rings (SSSR count). The van der Waals surface area contributed by atoms with Crippen LogP contribution >= 0.6 is 0 Å². The summed E-state index contributed by atoms with van der Waals surface area (Å²) in [6, 6.07) is 8.62. The molecule has 1 aliphatic rings. The number of ether oxygens (including phenoxy) is 2. The predicted molar refractivity (Wildman–Crippen MR) is 105 cm³/mol. The van der Waals surface area contributed by atoms with Crippen LogP contribution in [0.15, 0.2) is 42.7 Å². The number of carbonyl (C=O) groups excluding carboxylic acids is 1. The van der Waals surface area contributed by atoms with Crippen molar-refractivity contribution in [3.8, 4) is 5.75 Å². The van der Waals surface area contributed by atoms with E-state index in [0.29, 0.717) is 42.5 Å². The van der Waals surface area contributed by atoms with Gasteiger partial charge in [-0.1, -0.05) is 6.07 Å². The first-order valence-electron chi connectivity index (χ1n) is 9.40. The van der Waals surface area contributed by atoms with Gasteiger partial charge in [0.05, 0.1) is 54.5 Å². The highest BCUT2D eigenvalue weighted by Gasteiger charge is 2.28. The highest BCUT2D eigenvalue weighted by molar-refractivity contribution is 6.02. The van der Waals surface area contributed by atoms with Gasteiger partial charge in [-0.2, -0.15) is 5.10 Å². The van der Waals surface area contributed by atoms with Gasteiger partial charge >= 0.3 is 0 Å². The maximum absolute atomic E-state index is 13.0. The van der Waals surface area contributed by atoms with Crippen LogP contribution in [0.2, 0.25) is 0 Å². The number of hydrogen-bond acceptors (Lipinski definition) is 7. The third-order valence-corrected chi connectivity index (χ3v) is 4.87. The van der Waals surface area contributed by atoms with Crippen LogP contribution in [0.4, 0.5) is 0 Å². The zero-order valence-corrected chi connectivity index (χ0v) is 16.0. The Morgan fingerprint density at radius 2 is 2.38 bits per heavy atom. The maximum atomic E-state index is 13.0. The van der Waals surface area contributed by atoms with Crippen LogP contribution in [0.3, 0.4) is 0 Å². The molecule has 29 heavy (non-hydrogen) atoms. The molecular weight excluding hydrogens is 374 g/mol. The van der Waals surface area contributed by atoms with Gasteiger partial charge in [-0.05, 0) is 25.1 Å². The van der Waals surface area contributed by atoms with Crippen molar-refractivity contribution < 1.29 is 19.4 Å². The SMILES string of the molecule is Cc1nn2ccc(OCc3ccccn3)cc2c1C(=O)NC(CO)C1COCN1. The van der Waals surface area contributed by atoms with Gasteiger partial charge in [0, 0.05) is 18.5 Å². The summed E-state index contributed by atoms with van der Waals surface area (Å²) in [7, 11) is 0. The molecule has 1 saturated heterocycles. The van der Waals surface area contributed by atoms with Crippen molar-refractivity contribution >= 4 is 11.4 Å². The molecule has 152 valence electrons. The van der Waals surface area contributed by atoms with Gasteiger partial charge in [-0.15, -0.1) is 0 Å². The summed E-state index contributed by atoms with van der Waals surface area (Å²) in [5, 5.41) is 20.1. The zero-order chi connectivity index (χ0) is 20.2. The fourth-order valence-corrected chi connectivity index (χ4v) is 3.34. The first-order chi connectivity index (χ1) is 14.2. The van der Waals surface area contributed by atoms with E-state index in [4.69, 9.17) is 9.47 Å². The van der Waals surface area contributed by atoms with E-state index in [1.54, 1.807) is 36.0 Å². The second kappa shape index (κ2) is 8.56. The molecule has 0 saturated carbocycles. The van der Waals surface area contributed by atoms with Crippen molar-refractivity contribution in [3.63, 3.8) is 0 Å². The molecule has 0 radical (unpaired) electrons. The molecule has 9 heteroatoms. The highest BCUT2D eigenvalue weighted by atomic mass is 16.5. The van der Waals surface area contributed by atoms with Crippen molar-refractivity contribution in [3.05, 3.63) is 59.7 Å². The Kier molecular flexibility index (Phi) is 5.70. The van der Waals surface area contributed by atoms with Crippen LogP contribution in [-0.4, -0.2) is 57.6 Å². The second-order valence-corrected chi connectivity index (χ2v) is 6.85. The minimum absolute atomic E-state index is 0.136. The standard InChI is InChI=1S/C20H23N5O4/c1-13-19(20(27)23-16(9-26)17-11-28-12-22-17)18-8-15(5-7-25(18)24-13)29-10-14-4-2-3-6-21-14/h2-8,16-17,22,26H,9-12H2,1H3,(H,23,27). The summed E-state index contributed by atoms with van der Waals surface area (Å²) in [6.45, 7) is 2.75. The molecule has 3 N–H and O–H groups in total.